The summed E-state index contributed by atoms with van der Waals surface area (Å²) < 4.78 is 1.73. The second-order valence-corrected chi connectivity index (χ2v) is 5.18. The molecular weight excluding hydrogens is 260 g/mol. The molecule has 5 nitrogen and oxygen atoms in total. The minimum Gasteiger partial charge on any atom is -0.298 e. The maximum atomic E-state index is 12.1. The Labute approximate surface area is 113 Å². The highest BCUT2D eigenvalue weighted by atomic mass is 32.1. The van der Waals surface area contributed by atoms with Gasteiger partial charge in [-0.1, -0.05) is 6.07 Å². The van der Waals surface area contributed by atoms with Crippen LogP contribution in [0, 0.1) is 6.92 Å². The maximum Gasteiger partial charge on any atom is 0.257 e. The zero-order valence-corrected chi connectivity index (χ0v) is 11.4. The second kappa shape index (κ2) is 4.47. The lowest BCUT2D eigenvalue weighted by Gasteiger charge is -2.01. The summed E-state index contributed by atoms with van der Waals surface area (Å²) in [5.41, 5.74) is 2.30. The van der Waals surface area contributed by atoms with E-state index in [1.165, 1.54) is 11.3 Å². The predicted octanol–water partition coefficient (Wildman–Crippen LogP) is 2.59. The van der Waals surface area contributed by atoms with Gasteiger partial charge < -0.3 is 0 Å². The highest BCUT2D eigenvalue weighted by molar-refractivity contribution is 7.13. The number of thiazole rings is 1. The third-order valence-electron chi connectivity index (χ3n) is 2.72. The minimum absolute atomic E-state index is 0.165. The van der Waals surface area contributed by atoms with E-state index in [2.05, 4.69) is 15.4 Å². The molecule has 3 aromatic rings. The lowest BCUT2D eigenvalue weighted by Crippen LogP contribution is -2.11. The summed E-state index contributed by atoms with van der Waals surface area (Å²) in [6.07, 6.45) is 1.92. The van der Waals surface area contributed by atoms with Crippen LogP contribution >= 0.6 is 11.3 Å². The van der Waals surface area contributed by atoms with Gasteiger partial charge in [-0.3, -0.25) is 14.8 Å². The number of carbonyl (C=O) groups excluding carboxylic acids is 1. The van der Waals surface area contributed by atoms with Gasteiger partial charge in [-0.15, -0.1) is 11.3 Å². The largest absolute Gasteiger partial charge is 0.298 e. The van der Waals surface area contributed by atoms with Crippen molar-refractivity contribution in [1.29, 1.82) is 0 Å². The lowest BCUT2D eigenvalue weighted by molar-refractivity contribution is 0.102. The summed E-state index contributed by atoms with van der Waals surface area (Å²) in [4.78, 5) is 16.3. The molecule has 2 heterocycles. The average molecular weight is 272 g/mol. The number of aryl methyl sites for hydroxylation is 2. The Balaban J connectivity index is 1.88. The van der Waals surface area contributed by atoms with E-state index in [4.69, 9.17) is 0 Å². The highest BCUT2D eigenvalue weighted by Crippen LogP contribution is 2.18. The number of benzene rings is 1. The van der Waals surface area contributed by atoms with E-state index in [0.717, 1.165) is 16.6 Å². The zero-order valence-electron chi connectivity index (χ0n) is 10.5. The van der Waals surface area contributed by atoms with Crippen LogP contribution in [0.4, 0.5) is 5.13 Å². The normalized spacial score (nSPS) is 10.8. The molecular formula is C13H12N4OS. The highest BCUT2D eigenvalue weighted by Gasteiger charge is 2.10. The molecule has 1 aromatic carbocycles. The number of carbonyl (C=O) groups is 1. The van der Waals surface area contributed by atoms with Gasteiger partial charge in [-0.05, 0) is 19.1 Å². The lowest BCUT2D eigenvalue weighted by atomic mass is 10.1. The molecule has 1 amide bonds. The van der Waals surface area contributed by atoms with Crippen molar-refractivity contribution < 1.29 is 4.79 Å². The molecule has 0 fully saturated rings. The van der Waals surface area contributed by atoms with Crippen molar-refractivity contribution in [2.24, 2.45) is 7.05 Å². The topological polar surface area (TPSA) is 59.8 Å². The number of hydrogen-bond donors (Lipinski definition) is 1. The van der Waals surface area contributed by atoms with Crippen LogP contribution in [0.2, 0.25) is 0 Å². The molecule has 19 heavy (non-hydrogen) atoms. The van der Waals surface area contributed by atoms with Gasteiger partial charge in [-0.2, -0.15) is 5.10 Å². The Kier molecular flexibility index (Phi) is 2.79. The van der Waals surface area contributed by atoms with Gasteiger partial charge in [0, 0.05) is 29.6 Å². The van der Waals surface area contributed by atoms with E-state index in [1.807, 2.05) is 31.6 Å². The van der Waals surface area contributed by atoms with E-state index < -0.39 is 0 Å². The molecule has 0 spiro atoms. The fourth-order valence-corrected chi connectivity index (χ4v) is 2.54. The SMILES string of the molecule is Cc1csc(NC(=O)c2ccc3cn(C)nc3c2)n1. The van der Waals surface area contributed by atoms with Gasteiger partial charge in [0.25, 0.3) is 5.91 Å². The first-order valence-electron chi connectivity index (χ1n) is 5.79. The first kappa shape index (κ1) is 11.9. The molecule has 2 aromatic heterocycles. The number of nitrogens with zero attached hydrogens (tertiary/aromatic N) is 3. The molecule has 0 aliphatic heterocycles. The predicted molar refractivity (Wildman–Crippen MR) is 75.5 cm³/mol. The minimum atomic E-state index is -0.165. The molecule has 0 unspecified atom stereocenters. The number of hydrogen-bond acceptors (Lipinski definition) is 4. The van der Waals surface area contributed by atoms with Crippen LogP contribution in [0.3, 0.4) is 0 Å². The average Bonchev–Trinajstić information content (AvgIpc) is 2.93. The van der Waals surface area contributed by atoms with Gasteiger partial charge in [0.15, 0.2) is 5.13 Å². The van der Waals surface area contributed by atoms with Crippen molar-refractivity contribution in [2.45, 2.75) is 6.92 Å². The third-order valence-corrected chi connectivity index (χ3v) is 3.60. The quantitative estimate of drug-likeness (QED) is 0.780. The molecule has 96 valence electrons. The molecule has 0 radical (unpaired) electrons. The van der Waals surface area contributed by atoms with Crippen molar-refractivity contribution >= 4 is 33.3 Å². The summed E-state index contributed by atoms with van der Waals surface area (Å²) in [5, 5.41) is 10.6. The van der Waals surface area contributed by atoms with E-state index in [9.17, 15) is 4.79 Å². The van der Waals surface area contributed by atoms with E-state index in [1.54, 1.807) is 16.8 Å². The Morgan fingerprint density at radius 1 is 1.42 bits per heavy atom. The molecule has 0 aliphatic rings. The van der Waals surface area contributed by atoms with Crippen molar-refractivity contribution in [3.8, 4) is 0 Å². The van der Waals surface area contributed by atoms with Gasteiger partial charge >= 0.3 is 0 Å². The van der Waals surface area contributed by atoms with E-state index in [-0.39, 0.29) is 5.91 Å². The van der Waals surface area contributed by atoms with E-state index >= 15 is 0 Å². The summed E-state index contributed by atoms with van der Waals surface area (Å²) in [6.45, 7) is 1.89. The van der Waals surface area contributed by atoms with Crippen LogP contribution < -0.4 is 5.32 Å². The first-order chi connectivity index (χ1) is 9.11. The fraction of sp³-hybridized carbons (Fsp3) is 0.154. The monoisotopic (exact) mass is 272 g/mol. The molecule has 0 atom stereocenters. The van der Waals surface area contributed by atoms with Crippen LogP contribution in [-0.2, 0) is 7.05 Å². The molecule has 0 saturated carbocycles. The molecule has 0 saturated heterocycles. The van der Waals surface area contributed by atoms with E-state index in [0.29, 0.717) is 10.7 Å². The van der Waals surface area contributed by atoms with Gasteiger partial charge in [0.2, 0.25) is 0 Å². The Hall–Kier alpha value is -2.21. The standard InChI is InChI=1S/C13H12N4OS/c1-8-7-19-13(14-8)15-12(18)9-3-4-10-6-17(2)16-11(10)5-9/h3-7H,1-2H3,(H,14,15,18). The van der Waals surface area contributed by atoms with Crippen molar-refractivity contribution in [3.05, 3.63) is 41.0 Å². The molecule has 1 N–H and O–H groups in total. The Bertz CT molecular complexity index is 759. The van der Waals surface area contributed by atoms with Crippen molar-refractivity contribution in [1.82, 2.24) is 14.8 Å². The number of rotatable bonds is 2. The van der Waals surface area contributed by atoms with Gasteiger partial charge in [0.05, 0.1) is 11.2 Å². The Morgan fingerprint density at radius 3 is 3.00 bits per heavy atom. The zero-order chi connectivity index (χ0) is 13.4. The summed E-state index contributed by atoms with van der Waals surface area (Å²) in [5.74, 6) is -0.165. The first-order valence-corrected chi connectivity index (χ1v) is 6.67. The number of aromatic nitrogens is 3. The summed E-state index contributed by atoms with van der Waals surface area (Å²) in [6, 6.07) is 5.47. The van der Waals surface area contributed by atoms with Crippen LogP contribution in [0.25, 0.3) is 10.9 Å². The number of nitrogens with one attached hydrogen (secondary N) is 1. The van der Waals surface area contributed by atoms with Crippen LogP contribution in [0.1, 0.15) is 16.1 Å². The number of amides is 1. The van der Waals surface area contributed by atoms with Gasteiger partial charge in [0.1, 0.15) is 0 Å². The van der Waals surface area contributed by atoms with Crippen molar-refractivity contribution in [2.75, 3.05) is 5.32 Å². The Morgan fingerprint density at radius 2 is 2.26 bits per heavy atom. The number of anilines is 1. The summed E-state index contributed by atoms with van der Waals surface area (Å²) >= 11 is 1.42. The third kappa shape index (κ3) is 2.34. The van der Waals surface area contributed by atoms with Crippen LogP contribution in [0.15, 0.2) is 29.8 Å². The maximum absolute atomic E-state index is 12.1. The molecule has 3 rings (SSSR count). The second-order valence-electron chi connectivity index (χ2n) is 4.32. The summed E-state index contributed by atoms with van der Waals surface area (Å²) in [7, 11) is 1.86. The molecule has 6 heteroatoms. The van der Waals surface area contributed by atoms with Gasteiger partial charge in [-0.25, -0.2) is 4.98 Å². The van der Waals surface area contributed by atoms with Crippen LogP contribution in [-0.4, -0.2) is 20.7 Å². The van der Waals surface area contributed by atoms with Crippen molar-refractivity contribution in [3.63, 3.8) is 0 Å². The van der Waals surface area contributed by atoms with Crippen LogP contribution in [0.5, 0.6) is 0 Å². The molecule has 0 bridgehead atoms. The smallest absolute Gasteiger partial charge is 0.257 e. The molecule has 0 aliphatic carbocycles. The fourth-order valence-electron chi connectivity index (χ4n) is 1.86. The number of fused-ring (bicyclic) bond motifs is 1.